The Bertz CT molecular complexity index is 1470. The van der Waals surface area contributed by atoms with Gasteiger partial charge in [-0.05, 0) is 57.3 Å². The zero-order chi connectivity index (χ0) is 22.7. The molecule has 0 aliphatic rings. The van der Waals surface area contributed by atoms with Gasteiger partial charge in [-0.2, -0.15) is 0 Å². The average molecular weight is 435 g/mol. The number of rotatable bonds is 4. The zero-order valence-corrected chi connectivity index (χ0v) is 18.6. The third kappa shape index (κ3) is 3.76. The highest BCUT2D eigenvalue weighted by Gasteiger charge is 2.12. The molecule has 0 spiro atoms. The van der Waals surface area contributed by atoms with Gasteiger partial charge in [0.15, 0.2) is 0 Å². The number of pyridine rings is 2. The van der Waals surface area contributed by atoms with E-state index in [1.165, 1.54) is 21.9 Å². The van der Waals surface area contributed by atoms with Gasteiger partial charge in [0.1, 0.15) is 0 Å². The Morgan fingerprint density at radius 3 is 1.32 bits per heavy atom. The van der Waals surface area contributed by atoms with Gasteiger partial charge in [0.25, 0.3) is 0 Å². The predicted octanol–water partition coefficient (Wildman–Crippen LogP) is 8.30. The highest BCUT2D eigenvalue weighted by atomic mass is 14.7. The first kappa shape index (κ1) is 20.1. The lowest BCUT2D eigenvalue weighted by Gasteiger charge is -2.14. The van der Waals surface area contributed by atoms with Crippen LogP contribution in [0.15, 0.2) is 134 Å². The molecule has 0 saturated heterocycles. The molecule has 0 unspecified atom stereocenters. The first-order valence-corrected chi connectivity index (χ1v) is 11.4. The second-order valence-corrected chi connectivity index (χ2v) is 8.30. The van der Waals surface area contributed by atoms with Crippen LogP contribution < -0.4 is 0 Å². The molecule has 160 valence electrons. The van der Waals surface area contributed by atoms with Crippen molar-refractivity contribution < 1.29 is 0 Å². The lowest BCUT2D eigenvalue weighted by Crippen LogP contribution is -1.90. The van der Waals surface area contributed by atoms with Gasteiger partial charge in [0.2, 0.25) is 0 Å². The molecule has 0 aliphatic carbocycles. The summed E-state index contributed by atoms with van der Waals surface area (Å²) in [6, 6.07) is 42.3. The molecule has 2 nitrogen and oxygen atoms in total. The summed E-state index contributed by atoms with van der Waals surface area (Å²) in [6.07, 6.45) is 3.80. The molecule has 0 fully saturated rings. The molecule has 2 heterocycles. The van der Waals surface area contributed by atoms with Crippen molar-refractivity contribution in [2.45, 2.75) is 0 Å². The number of hydrogen-bond acceptors (Lipinski definition) is 2. The average Bonchev–Trinajstić information content (AvgIpc) is 2.93. The van der Waals surface area contributed by atoms with Crippen molar-refractivity contribution in [2.75, 3.05) is 0 Å². The molecule has 0 N–H and O–H groups in total. The SMILES string of the molecule is c1ccc(-c2cc(-c3cccc4cccc(-c5ccnc(-c6ccccc6)c5)c34)ccn2)cc1. The molecule has 6 rings (SSSR count). The second kappa shape index (κ2) is 8.76. The van der Waals surface area contributed by atoms with Crippen molar-refractivity contribution in [2.24, 2.45) is 0 Å². The van der Waals surface area contributed by atoms with Crippen LogP contribution in [0.25, 0.3) is 55.5 Å². The minimum atomic E-state index is 0.975. The van der Waals surface area contributed by atoms with Gasteiger partial charge in [-0.3, -0.25) is 9.97 Å². The van der Waals surface area contributed by atoms with Crippen molar-refractivity contribution in [1.82, 2.24) is 9.97 Å². The first-order valence-electron chi connectivity index (χ1n) is 11.4. The summed E-state index contributed by atoms with van der Waals surface area (Å²) in [5.41, 5.74) is 8.90. The zero-order valence-electron chi connectivity index (χ0n) is 18.6. The van der Waals surface area contributed by atoms with Gasteiger partial charge in [0.05, 0.1) is 11.4 Å². The maximum Gasteiger partial charge on any atom is 0.0708 e. The molecule has 2 heteroatoms. The van der Waals surface area contributed by atoms with Crippen molar-refractivity contribution >= 4 is 10.8 Å². The summed E-state index contributed by atoms with van der Waals surface area (Å²) in [5, 5.41) is 2.45. The standard InChI is InChI=1S/C32H22N2/c1-3-9-23(10-4-1)30-21-26(17-19-33-30)28-15-7-13-25-14-8-16-29(32(25)28)27-18-20-34-31(22-27)24-11-5-2-6-12-24/h1-22H. The van der Waals surface area contributed by atoms with Crippen LogP contribution in [0.2, 0.25) is 0 Å². The fourth-order valence-corrected chi connectivity index (χ4v) is 4.55. The normalized spacial score (nSPS) is 10.9. The number of hydrogen-bond donors (Lipinski definition) is 0. The van der Waals surface area contributed by atoms with Crippen molar-refractivity contribution in [3.63, 3.8) is 0 Å². The number of nitrogens with zero attached hydrogens (tertiary/aromatic N) is 2. The second-order valence-electron chi connectivity index (χ2n) is 8.30. The summed E-state index contributed by atoms with van der Waals surface area (Å²) in [7, 11) is 0. The van der Waals surface area contributed by atoms with E-state index in [1.54, 1.807) is 0 Å². The van der Waals surface area contributed by atoms with Crippen LogP contribution in [0.3, 0.4) is 0 Å². The number of fused-ring (bicyclic) bond motifs is 1. The van der Waals surface area contributed by atoms with E-state index in [0.717, 1.165) is 33.6 Å². The maximum atomic E-state index is 4.63. The van der Waals surface area contributed by atoms with Crippen LogP contribution in [0, 0.1) is 0 Å². The lowest BCUT2D eigenvalue weighted by molar-refractivity contribution is 1.32. The fraction of sp³-hybridized carbons (Fsp3) is 0. The molecular formula is C32H22N2. The third-order valence-corrected chi connectivity index (χ3v) is 6.19. The van der Waals surface area contributed by atoms with Gasteiger partial charge < -0.3 is 0 Å². The molecule has 2 aromatic heterocycles. The van der Waals surface area contributed by atoms with E-state index in [0.29, 0.717) is 0 Å². The van der Waals surface area contributed by atoms with E-state index in [-0.39, 0.29) is 0 Å². The van der Waals surface area contributed by atoms with Crippen LogP contribution >= 0.6 is 0 Å². The molecule has 0 amide bonds. The van der Waals surface area contributed by atoms with E-state index in [2.05, 4.69) is 94.9 Å². The highest BCUT2D eigenvalue weighted by Crippen LogP contribution is 2.38. The summed E-state index contributed by atoms with van der Waals surface area (Å²) >= 11 is 0. The summed E-state index contributed by atoms with van der Waals surface area (Å²) in [5.74, 6) is 0. The van der Waals surface area contributed by atoms with Crippen LogP contribution in [0.1, 0.15) is 0 Å². The highest BCUT2D eigenvalue weighted by molar-refractivity contribution is 6.06. The molecule has 0 saturated carbocycles. The van der Waals surface area contributed by atoms with Crippen molar-refractivity contribution in [1.29, 1.82) is 0 Å². The minimum absolute atomic E-state index is 0.975. The number of benzene rings is 4. The van der Waals surface area contributed by atoms with Crippen molar-refractivity contribution in [3.8, 4) is 44.8 Å². The monoisotopic (exact) mass is 434 g/mol. The Morgan fingerprint density at radius 1 is 0.382 bits per heavy atom. The molecular weight excluding hydrogens is 412 g/mol. The Kier molecular flexibility index (Phi) is 5.17. The lowest BCUT2D eigenvalue weighted by atomic mass is 9.91. The van der Waals surface area contributed by atoms with Crippen LogP contribution in [0.5, 0.6) is 0 Å². The Hall–Kier alpha value is -4.56. The summed E-state index contributed by atoms with van der Waals surface area (Å²) < 4.78 is 0. The van der Waals surface area contributed by atoms with Gasteiger partial charge in [-0.25, -0.2) is 0 Å². The van der Waals surface area contributed by atoms with E-state index < -0.39 is 0 Å². The van der Waals surface area contributed by atoms with Gasteiger partial charge >= 0.3 is 0 Å². The molecule has 6 aromatic rings. The van der Waals surface area contributed by atoms with Crippen LogP contribution in [-0.4, -0.2) is 9.97 Å². The van der Waals surface area contributed by atoms with E-state index >= 15 is 0 Å². The smallest absolute Gasteiger partial charge is 0.0708 e. The summed E-state index contributed by atoms with van der Waals surface area (Å²) in [4.78, 5) is 9.27. The van der Waals surface area contributed by atoms with Gasteiger partial charge in [-0.1, -0.05) is 97.1 Å². The molecule has 0 aliphatic heterocycles. The molecule has 34 heavy (non-hydrogen) atoms. The number of aromatic nitrogens is 2. The first-order chi connectivity index (χ1) is 16.9. The van der Waals surface area contributed by atoms with E-state index in [1.807, 2.05) is 48.8 Å². The topological polar surface area (TPSA) is 25.8 Å². The van der Waals surface area contributed by atoms with Crippen molar-refractivity contribution in [3.05, 3.63) is 134 Å². The fourth-order valence-electron chi connectivity index (χ4n) is 4.55. The largest absolute Gasteiger partial charge is 0.256 e. The Morgan fingerprint density at radius 2 is 0.853 bits per heavy atom. The van der Waals surface area contributed by atoms with E-state index in [4.69, 9.17) is 0 Å². The van der Waals surface area contributed by atoms with Crippen LogP contribution in [0.4, 0.5) is 0 Å². The predicted molar refractivity (Wildman–Crippen MR) is 141 cm³/mol. The Labute approximate surface area is 199 Å². The summed E-state index contributed by atoms with van der Waals surface area (Å²) in [6.45, 7) is 0. The van der Waals surface area contributed by atoms with Gasteiger partial charge in [-0.15, -0.1) is 0 Å². The Balaban J connectivity index is 1.54. The maximum absolute atomic E-state index is 4.63. The minimum Gasteiger partial charge on any atom is -0.256 e. The quantitative estimate of drug-likeness (QED) is 0.279. The third-order valence-electron chi connectivity index (χ3n) is 6.19. The molecule has 0 radical (unpaired) electrons. The molecule has 0 atom stereocenters. The van der Waals surface area contributed by atoms with E-state index in [9.17, 15) is 0 Å². The van der Waals surface area contributed by atoms with Gasteiger partial charge in [0, 0.05) is 23.5 Å². The molecule has 0 bridgehead atoms. The molecule has 4 aromatic carbocycles. The van der Waals surface area contributed by atoms with Crippen LogP contribution in [-0.2, 0) is 0 Å².